The summed E-state index contributed by atoms with van der Waals surface area (Å²) in [7, 11) is -3.55. The van der Waals surface area contributed by atoms with Gasteiger partial charge in [-0.2, -0.15) is 4.31 Å². The second kappa shape index (κ2) is 8.81. The maximum atomic E-state index is 13.1. The topological polar surface area (TPSA) is 60.9 Å². The molecule has 156 valence electrons. The molecule has 0 saturated carbocycles. The van der Waals surface area contributed by atoms with Crippen LogP contribution >= 0.6 is 0 Å². The van der Waals surface area contributed by atoms with Crippen LogP contribution in [0, 0.1) is 0 Å². The van der Waals surface area contributed by atoms with E-state index in [-0.39, 0.29) is 5.91 Å². The van der Waals surface area contributed by atoms with Crippen LogP contribution in [0.3, 0.4) is 0 Å². The first-order valence-corrected chi connectivity index (χ1v) is 12.0. The predicted molar refractivity (Wildman–Crippen MR) is 114 cm³/mol. The molecule has 0 unspecified atom stereocenters. The highest BCUT2D eigenvalue weighted by molar-refractivity contribution is 7.89. The van der Waals surface area contributed by atoms with Crippen LogP contribution in [0.4, 0.5) is 0 Å². The number of hydrogen-bond donors (Lipinski definition) is 0. The molecule has 2 heterocycles. The average molecular weight is 416 g/mol. The van der Waals surface area contributed by atoms with Gasteiger partial charge in [-0.3, -0.25) is 9.69 Å². The number of sulfonamides is 1. The maximum absolute atomic E-state index is 13.1. The fourth-order valence-electron chi connectivity index (χ4n) is 4.24. The molecule has 4 rings (SSSR count). The summed E-state index contributed by atoms with van der Waals surface area (Å²) in [5.74, 6) is 0.120. The van der Waals surface area contributed by atoms with Crippen molar-refractivity contribution in [2.24, 2.45) is 0 Å². The highest BCUT2D eigenvalue weighted by Crippen LogP contribution is 2.23. The lowest BCUT2D eigenvalue weighted by atomic mass is 10.1. The number of benzene rings is 2. The molecule has 0 radical (unpaired) electrons. The molecule has 0 aromatic heterocycles. The third kappa shape index (κ3) is 4.63. The zero-order valence-corrected chi connectivity index (χ0v) is 17.6. The van der Waals surface area contributed by atoms with E-state index in [4.69, 9.17) is 0 Å². The number of fused-ring (bicyclic) bond motifs is 1. The van der Waals surface area contributed by atoms with Crippen LogP contribution in [0.25, 0.3) is 10.8 Å². The minimum atomic E-state index is -3.55. The van der Waals surface area contributed by atoms with Gasteiger partial charge in [0, 0.05) is 26.2 Å². The van der Waals surface area contributed by atoms with Crippen molar-refractivity contribution in [3.63, 3.8) is 0 Å². The Bertz CT molecular complexity index is 960. The van der Waals surface area contributed by atoms with E-state index in [0.29, 0.717) is 37.6 Å². The average Bonchev–Trinajstić information content (AvgIpc) is 3.02. The highest BCUT2D eigenvalue weighted by Gasteiger charge is 2.30. The summed E-state index contributed by atoms with van der Waals surface area (Å²) in [6.45, 7) is 4.04. The molecule has 0 bridgehead atoms. The number of carbonyl (C=O) groups is 1. The van der Waals surface area contributed by atoms with Gasteiger partial charge in [0.15, 0.2) is 0 Å². The van der Waals surface area contributed by atoms with Gasteiger partial charge in [0.1, 0.15) is 0 Å². The van der Waals surface area contributed by atoms with E-state index in [1.807, 2.05) is 35.2 Å². The SMILES string of the molecule is O=C(CN1CCCCCC1)N1CCN(S(=O)(=O)c2ccc3ccccc3c2)CC1. The van der Waals surface area contributed by atoms with Gasteiger partial charge in [-0.25, -0.2) is 8.42 Å². The molecule has 2 fully saturated rings. The van der Waals surface area contributed by atoms with E-state index in [2.05, 4.69) is 4.90 Å². The van der Waals surface area contributed by atoms with Crippen molar-refractivity contribution in [3.8, 4) is 0 Å². The van der Waals surface area contributed by atoms with Crippen LogP contribution < -0.4 is 0 Å². The van der Waals surface area contributed by atoms with Gasteiger partial charge >= 0.3 is 0 Å². The second-order valence-electron chi connectivity index (χ2n) is 7.98. The summed E-state index contributed by atoms with van der Waals surface area (Å²) in [6, 6.07) is 13.0. The van der Waals surface area contributed by atoms with Gasteiger partial charge in [-0.15, -0.1) is 0 Å². The first-order chi connectivity index (χ1) is 14.0. The Kier molecular flexibility index (Phi) is 6.18. The molecule has 0 N–H and O–H groups in total. The molecule has 7 heteroatoms. The first kappa shape index (κ1) is 20.3. The summed E-state index contributed by atoms with van der Waals surface area (Å²) in [5, 5.41) is 1.94. The smallest absolute Gasteiger partial charge is 0.243 e. The van der Waals surface area contributed by atoms with E-state index in [1.165, 1.54) is 17.1 Å². The molecule has 2 aromatic rings. The van der Waals surface area contributed by atoms with Crippen molar-refractivity contribution in [2.75, 3.05) is 45.8 Å². The summed E-state index contributed by atoms with van der Waals surface area (Å²) in [5.41, 5.74) is 0. The summed E-state index contributed by atoms with van der Waals surface area (Å²) in [4.78, 5) is 17.0. The van der Waals surface area contributed by atoms with E-state index in [9.17, 15) is 13.2 Å². The predicted octanol–water partition coefficient (Wildman–Crippen LogP) is 2.55. The van der Waals surface area contributed by atoms with E-state index >= 15 is 0 Å². The van der Waals surface area contributed by atoms with Crippen molar-refractivity contribution in [1.82, 2.24) is 14.1 Å². The van der Waals surface area contributed by atoms with Gasteiger partial charge in [-0.1, -0.05) is 43.2 Å². The largest absolute Gasteiger partial charge is 0.339 e. The van der Waals surface area contributed by atoms with Crippen LogP contribution in [-0.2, 0) is 14.8 Å². The minimum Gasteiger partial charge on any atom is -0.339 e. The summed E-state index contributed by atoms with van der Waals surface area (Å²) < 4.78 is 27.7. The van der Waals surface area contributed by atoms with Crippen LogP contribution in [0.2, 0.25) is 0 Å². The molecule has 2 saturated heterocycles. The van der Waals surface area contributed by atoms with Crippen LogP contribution in [-0.4, -0.2) is 74.2 Å². The molecule has 1 amide bonds. The van der Waals surface area contributed by atoms with Crippen LogP contribution in [0.5, 0.6) is 0 Å². The Morgan fingerprint density at radius 3 is 2.14 bits per heavy atom. The Labute approximate surface area is 173 Å². The first-order valence-electron chi connectivity index (χ1n) is 10.5. The Balaban J connectivity index is 1.38. The molecule has 29 heavy (non-hydrogen) atoms. The number of amides is 1. The van der Waals surface area contributed by atoms with E-state index < -0.39 is 10.0 Å². The summed E-state index contributed by atoms with van der Waals surface area (Å²) >= 11 is 0. The highest BCUT2D eigenvalue weighted by atomic mass is 32.2. The molecule has 2 aliphatic rings. The molecule has 0 aliphatic carbocycles. The number of piperazine rings is 1. The Hall–Kier alpha value is -1.96. The molecular weight excluding hydrogens is 386 g/mol. The van der Waals surface area contributed by atoms with Crippen LogP contribution in [0.1, 0.15) is 25.7 Å². The molecule has 0 spiro atoms. The fourth-order valence-corrected chi connectivity index (χ4v) is 5.70. The van der Waals surface area contributed by atoms with Crippen molar-refractivity contribution < 1.29 is 13.2 Å². The molecule has 6 nitrogen and oxygen atoms in total. The van der Waals surface area contributed by atoms with E-state index in [1.54, 1.807) is 12.1 Å². The van der Waals surface area contributed by atoms with Gasteiger partial charge in [0.25, 0.3) is 0 Å². The monoisotopic (exact) mass is 415 g/mol. The molecule has 0 atom stereocenters. The van der Waals surface area contributed by atoms with Crippen molar-refractivity contribution in [3.05, 3.63) is 42.5 Å². The quantitative estimate of drug-likeness (QED) is 0.770. The third-order valence-electron chi connectivity index (χ3n) is 6.01. The number of nitrogens with zero attached hydrogens (tertiary/aromatic N) is 3. The minimum absolute atomic E-state index is 0.120. The van der Waals surface area contributed by atoms with Crippen LogP contribution in [0.15, 0.2) is 47.4 Å². The normalized spacial score (nSPS) is 19.9. The number of rotatable bonds is 4. The zero-order chi connectivity index (χ0) is 20.3. The van der Waals surface area contributed by atoms with Crippen molar-refractivity contribution in [2.45, 2.75) is 30.6 Å². The zero-order valence-electron chi connectivity index (χ0n) is 16.8. The second-order valence-corrected chi connectivity index (χ2v) is 9.92. The molecule has 2 aliphatic heterocycles. The lowest BCUT2D eigenvalue weighted by Gasteiger charge is -2.35. The van der Waals surface area contributed by atoms with Gasteiger partial charge in [0.05, 0.1) is 11.4 Å². The number of likely N-dealkylation sites (tertiary alicyclic amines) is 1. The van der Waals surface area contributed by atoms with Crippen molar-refractivity contribution >= 4 is 26.7 Å². The third-order valence-corrected chi connectivity index (χ3v) is 7.90. The molecular formula is C22H29N3O3S. The van der Waals surface area contributed by atoms with Gasteiger partial charge in [-0.05, 0) is 48.8 Å². The Morgan fingerprint density at radius 1 is 0.793 bits per heavy atom. The number of hydrogen-bond acceptors (Lipinski definition) is 4. The lowest BCUT2D eigenvalue weighted by Crippen LogP contribution is -2.52. The van der Waals surface area contributed by atoms with Gasteiger partial charge < -0.3 is 4.90 Å². The van der Waals surface area contributed by atoms with Crippen molar-refractivity contribution in [1.29, 1.82) is 0 Å². The Morgan fingerprint density at radius 2 is 1.45 bits per heavy atom. The lowest BCUT2D eigenvalue weighted by molar-refractivity contribution is -0.133. The fraction of sp³-hybridized carbons (Fsp3) is 0.500. The number of carbonyl (C=O) groups excluding carboxylic acids is 1. The van der Waals surface area contributed by atoms with E-state index in [0.717, 1.165) is 36.7 Å². The summed E-state index contributed by atoms with van der Waals surface area (Å²) in [6.07, 6.45) is 4.81. The molecule has 2 aromatic carbocycles. The van der Waals surface area contributed by atoms with Gasteiger partial charge in [0.2, 0.25) is 15.9 Å². The maximum Gasteiger partial charge on any atom is 0.243 e. The standard InChI is InChI=1S/C22H29N3O3S/c26-22(18-23-11-5-1-2-6-12-23)24-13-15-25(16-14-24)29(27,28)21-10-9-19-7-3-4-8-20(19)17-21/h3-4,7-10,17H,1-2,5-6,11-16,18H2.